The second kappa shape index (κ2) is 8.71. The molecule has 0 spiro atoms. The van der Waals surface area contributed by atoms with Crippen molar-refractivity contribution in [2.75, 3.05) is 10.6 Å². The molecule has 6 nitrogen and oxygen atoms in total. The Bertz CT molecular complexity index is 1170. The molecule has 0 aliphatic rings. The van der Waals surface area contributed by atoms with Crippen LogP contribution in [0.25, 0.3) is 5.69 Å². The number of thiophene rings is 1. The van der Waals surface area contributed by atoms with Crippen molar-refractivity contribution in [3.05, 3.63) is 94.7 Å². The summed E-state index contributed by atoms with van der Waals surface area (Å²) < 4.78 is 14.6. The molecule has 2 N–H and O–H groups in total. The summed E-state index contributed by atoms with van der Waals surface area (Å²) in [6.45, 7) is 0. The highest BCUT2D eigenvalue weighted by molar-refractivity contribution is 7.10. The first-order valence-electron chi connectivity index (χ1n) is 9.13. The number of anilines is 2. The summed E-state index contributed by atoms with van der Waals surface area (Å²) >= 11 is 1.51. The van der Waals surface area contributed by atoms with Crippen LogP contribution in [0, 0.1) is 5.82 Å². The van der Waals surface area contributed by atoms with Gasteiger partial charge in [0, 0.05) is 11.1 Å². The zero-order valence-electron chi connectivity index (χ0n) is 15.7. The highest BCUT2D eigenvalue weighted by Gasteiger charge is 2.14. The molecule has 0 saturated carbocycles. The predicted molar refractivity (Wildman–Crippen MR) is 115 cm³/mol. The number of rotatable bonds is 6. The molecule has 0 saturated heterocycles. The Labute approximate surface area is 176 Å². The number of para-hydroxylation sites is 2. The second-order valence-corrected chi connectivity index (χ2v) is 7.46. The number of hydrogen-bond acceptors (Lipinski definition) is 4. The number of halogens is 1. The Morgan fingerprint density at radius 3 is 2.37 bits per heavy atom. The van der Waals surface area contributed by atoms with Gasteiger partial charge in [0.1, 0.15) is 5.82 Å². The minimum absolute atomic E-state index is 0.167. The molecule has 0 atom stereocenters. The summed E-state index contributed by atoms with van der Waals surface area (Å²) in [5.41, 5.74) is 1.81. The number of carbonyl (C=O) groups excluding carboxylic acids is 2. The summed E-state index contributed by atoms with van der Waals surface area (Å²) in [5, 5.41) is 11.8. The van der Waals surface area contributed by atoms with Gasteiger partial charge in [0.15, 0.2) is 5.69 Å². The highest BCUT2D eigenvalue weighted by atomic mass is 32.1. The fourth-order valence-corrected chi connectivity index (χ4v) is 3.54. The minimum Gasteiger partial charge on any atom is -0.324 e. The van der Waals surface area contributed by atoms with Crippen molar-refractivity contribution < 1.29 is 14.0 Å². The average Bonchev–Trinajstić information content (AvgIpc) is 3.42. The van der Waals surface area contributed by atoms with Crippen LogP contribution in [0.5, 0.6) is 0 Å². The van der Waals surface area contributed by atoms with Crippen LogP contribution in [0.1, 0.15) is 15.4 Å². The molecule has 0 fully saturated rings. The van der Waals surface area contributed by atoms with Crippen LogP contribution in [0.15, 0.2) is 78.3 Å². The van der Waals surface area contributed by atoms with E-state index in [1.165, 1.54) is 28.2 Å². The maximum absolute atomic E-state index is 13.1. The molecule has 2 amide bonds. The lowest BCUT2D eigenvalue weighted by molar-refractivity contribution is -0.115. The summed E-state index contributed by atoms with van der Waals surface area (Å²) in [4.78, 5) is 25.9. The first kappa shape index (κ1) is 19.5. The third kappa shape index (κ3) is 4.61. The largest absolute Gasteiger partial charge is 0.324 e. The molecule has 150 valence electrons. The van der Waals surface area contributed by atoms with Gasteiger partial charge in [-0.3, -0.25) is 9.59 Å². The number of nitrogens with zero attached hydrogens (tertiary/aromatic N) is 2. The van der Waals surface area contributed by atoms with Crippen molar-refractivity contribution in [2.45, 2.75) is 6.42 Å². The van der Waals surface area contributed by atoms with Gasteiger partial charge in [-0.1, -0.05) is 18.2 Å². The molecule has 0 aliphatic heterocycles. The molecule has 8 heteroatoms. The topological polar surface area (TPSA) is 76.0 Å². The van der Waals surface area contributed by atoms with E-state index in [1.807, 2.05) is 17.5 Å². The van der Waals surface area contributed by atoms with Gasteiger partial charge in [-0.05, 0) is 53.9 Å². The van der Waals surface area contributed by atoms with Gasteiger partial charge in [-0.2, -0.15) is 5.10 Å². The van der Waals surface area contributed by atoms with Gasteiger partial charge >= 0.3 is 0 Å². The number of benzene rings is 2. The second-order valence-electron chi connectivity index (χ2n) is 6.43. The van der Waals surface area contributed by atoms with E-state index in [2.05, 4.69) is 15.7 Å². The van der Waals surface area contributed by atoms with E-state index < -0.39 is 5.91 Å². The van der Waals surface area contributed by atoms with Crippen molar-refractivity contribution >= 4 is 34.5 Å². The standard InChI is InChI=1S/C22H17FN4O2S/c23-15-7-9-16(10-8-15)27-12-11-20(26-27)22(29)25-19-6-2-1-5-18(19)24-21(28)14-17-4-3-13-30-17/h1-13H,14H2,(H,24,28)(H,25,29). The molecule has 0 radical (unpaired) electrons. The van der Waals surface area contributed by atoms with E-state index >= 15 is 0 Å². The van der Waals surface area contributed by atoms with E-state index in [4.69, 9.17) is 0 Å². The Kier molecular flexibility index (Phi) is 5.67. The molecule has 0 unspecified atom stereocenters. The summed E-state index contributed by atoms with van der Waals surface area (Å²) in [6, 6.07) is 18.1. The Balaban J connectivity index is 1.46. The average molecular weight is 420 g/mol. The van der Waals surface area contributed by atoms with Crippen LogP contribution < -0.4 is 10.6 Å². The van der Waals surface area contributed by atoms with Gasteiger partial charge < -0.3 is 10.6 Å². The van der Waals surface area contributed by atoms with E-state index in [1.54, 1.807) is 48.7 Å². The Morgan fingerprint density at radius 1 is 0.933 bits per heavy atom. The molecule has 0 aliphatic carbocycles. The molecular weight excluding hydrogens is 403 g/mol. The molecule has 2 heterocycles. The van der Waals surface area contributed by atoms with Gasteiger partial charge in [0.05, 0.1) is 23.5 Å². The lowest BCUT2D eigenvalue weighted by atomic mass is 10.2. The number of hydrogen-bond donors (Lipinski definition) is 2. The predicted octanol–water partition coefficient (Wildman–Crippen LogP) is 4.51. The molecule has 30 heavy (non-hydrogen) atoms. The molecule has 4 rings (SSSR count). The SMILES string of the molecule is O=C(Cc1cccs1)Nc1ccccc1NC(=O)c1ccn(-c2ccc(F)cc2)n1. The minimum atomic E-state index is -0.421. The first-order valence-corrected chi connectivity index (χ1v) is 10.0. The molecule has 2 aromatic heterocycles. The van der Waals surface area contributed by atoms with Crippen LogP contribution >= 0.6 is 11.3 Å². The maximum Gasteiger partial charge on any atom is 0.276 e. The summed E-state index contributed by atoms with van der Waals surface area (Å²) in [5.74, 6) is -0.933. The van der Waals surface area contributed by atoms with E-state index in [-0.39, 0.29) is 23.8 Å². The van der Waals surface area contributed by atoms with Gasteiger partial charge in [-0.15, -0.1) is 11.3 Å². The number of amides is 2. The van der Waals surface area contributed by atoms with Crippen LogP contribution in [0.2, 0.25) is 0 Å². The number of nitrogens with one attached hydrogen (secondary N) is 2. The Morgan fingerprint density at radius 2 is 1.67 bits per heavy atom. The smallest absolute Gasteiger partial charge is 0.276 e. The van der Waals surface area contributed by atoms with Crippen LogP contribution in [0.4, 0.5) is 15.8 Å². The van der Waals surface area contributed by atoms with Crippen molar-refractivity contribution in [1.82, 2.24) is 9.78 Å². The lowest BCUT2D eigenvalue weighted by Crippen LogP contribution is -2.18. The quantitative estimate of drug-likeness (QED) is 0.482. The zero-order chi connectivity index (χ0) is 20.9. The lowest BCUT2D eigenvalue weighted by Gasteiger charge is -2.11. The summed E-state index contributed by atoms with van der Waals surface area (Å²) in [7, 11) is 0. The van der Waals surface area contributed by atoms with E-state index in [0.29, 0.717) is 17.1 Å². The van der Waals surface area contributed by atoms with Crippen LogP contribution in [-0.4, -0.2) is 21.6 Å². The zero-order valence-corrected chi connectivity index (χ0v) is 16.5. The molecule has 2 aromatic carbocycles. The van der Waals surface area contributed by atoms with Crippen LogP contribution in [-0.2, 0) is 11.2 Å². The van der Waals surface area contributed by atoms with Crippen molar-refractivity contribution in [3.8, 4) is 5.69 Å². The Hall–Kier alpha value is -3.78. The third-order valence-corrected chi connectivity index (χ3v) is 5.15. The maximum atomic E-state index is 13.1. The monoisotopic (exact) mass is 420 g/mol. The van der Waals surface area contributed by atoms with E-state index in [0.717, 1.165) is 4.88 Å². The van der Waals surface area contributed by atoms with Crippen molar-refractivity contribution in [1.29, 1.82) is 0 Å². The van der Waals surface area contributed by atoms with Crippen molar-refractivity contribution in [3.63, 3.8) is 0 Å². The normalized spacial score (nSPS) is 10.6. The first-order chi connectivity index (χ1) is 14.6. The van der Waals surface area contributed by atoms with E-state index in [9.17, 15) is 14.0 Å². The van der Waals surface area contributed by atoms with Crippen LogP contribution in [0.3, 0.4) is 0 Å². The molecular formula is C22H17FN4O2S. The molecule has 0 bridgehead atoms. The number of carbonyl (C=O) groups is 2. The van der Waals surface area contributed by atoms with Crippen molar-refractivity contribution in [2.24, 2.45) is 0 Å². The van der Waals surface area contributed by atoms with Gasteiger partial charge in [0.2, 0.25) is 5.91 Å². The molecule has 4 aromatic rings. The third-order valence-electron chi connectivity index (χ3n) is 4.28. The number of aromatic nitrogens is 2. The fourth-order valence-electron chi connectivity index (χ4n) is 2.84. The van der Waals surface area contributed by atoms with Gasteiger partial charge in [0.25, 0.3) is 5.91 Å². The highest BCUT2D eigenvalue weighted by Crippen LogP contribution is 2.22. The van der Waals surface area contributed by atoms with Gasteiger partial charge in [-0.25, -0.2) is 9.07 Å². The summed E-state index contributed by atoms with van der Waals surface area (Å²) in [6.07, 6.45) is 1.89. The fraction of sp³-hybridized carbons (Fsp3) is 0.0455.